The van der Waals surface area contributed by atoms with Crippen molar-refractivity contribution in [2.24, 2.45) is 0 Å². The third-order valence-electron chi connectivity index (χ3n) is 3.06. The number of imidazole rings is 1. The summed E-state index contributed by atoms with van der Waals surface area (Å²) in [5, 5.41) is 3.15. The van der Waals surface area contributed by atoms with Gasteiger partial charge in [0.05, 0.1) is 6.33 Å². The molecule has 2 rings (SSSR count). The molecule has 0 bridgehead atoms. The van der Waals surface area contributed by atoms with Gasteiger partial charge in [0.15, 0.2) is 11.5 Å². The number of unbranched alkanes of at least 4 members (excludes halogenated alkanes) is 2. The van der Waals surface area contributed by atoms with E-state index in [4.69, 9.17) is 0 Å². The summed E-state index contributed by atoms with van der Waals surface area (Å²) in [4.78, 5) is 18.5. The summed E-state index contributed by atoms with van der Waals surface area (Å²) in [5.74, 6) is 1.55. The molecule has 0 amide bonds. The van der Waals surface area contributed by atoms with Gasteiger partial charge in [0, 0.05) is 20.1 Å². The Balaban J connectivity index is 2.26. The number of aromatic amines is 1. The maximum absolute atomic E-state index is 4.57. The van der Waals surface area contributed by atoms with Crippen molar-refractivity contribution in [1.82, 2.24) is 19.9 Å². The van der Waals surface area contributed by atoms with Gasteiger partial charge in [-0.05, 0) is 13.3 Å². The van der Waals surface area contributed by atoms with Crippen molar-refractivity contribution in [3.63, 3.8) is 0 Å². The zero-order chi connectivity index (χ0) is 13.7. The van der Waals surface area contributed by atoms with Gasteiger partial charge in [-0.1, -0.05) is 19.8 Å². The number of anilines is 2. The Kier molecular flexibility index (Phi) is 4.54. The molecular weight excluding hydrogens is 240 g/mol. The zero-order valence-electron chi connectivity index (χ0n) is 11.9. The molecule has 0 spiro atoms. The fraction of sp³-hybridized carbons (Fsp3) is 0.615. The quantitative estimate of drug-likeness (QED) is 0.750. The average molecular weight is 262 g/mol. The second-order valence-electron chi connectivity index (χ2n) is 4.63. The second kappa shape index (κ2) is 6.36. The number of hydrogen-bond acceptors (Lipinski definition) is 5. The van der Waals surface area contributed by atoms with Gasteiger partial charge in [-0.25, -0.2) is 4.98 Å². The minimum atomic E-state index is 0.638. The smallest absolute Gasteiger partial charge is 0.226 e. The summed E-state index contributed by atoms with van der Waals surface area (Å²) >= 11 is 0. The van der Waals surface area contributed by atoms with E-state index in [0.29, 0.717) is 11.6 Å². The molecule has 2 heterocycles. The first-order valence-electron chi connectivity index (χ1n) is 6.92. The number of nitrogens with one attached hydrogen (secondary N) is 2. The van der Waals surface area contributed by atoms with E-state index in [1.807, 2.05) is 6.92 Å². The Bertz CT molecular complexity index is 521. The van der Waals surface area contributed by atoms with Crippen LogP contribution < -0.4 is 10.2 Å². The maximum Gasteiger partial charge on any atom is 0.226 e. The first-order valence-corrected chi connectivity index (χ1v) is 6.92. The summed E-state index contributed by atoms with van der Waals surface area (Å²) in [6.45, 7) is 6.03. The van der Waals surface area contributed by atoms with Crippen LogP contribution in [0.4, 0.5) is 11.8 Å². The van der Waals surface area contributed by atoms with E-state index in [9.17, 15) is 0 Å². The Morgan fingerprint density at radius 1 is 1.26 bits per heavy atom. The Morgan fingerprint density at radius 2 is 2.11 bits per heavy atom. The van der Waals surface area contributed by atoms with Crippen LogP contribution >= 0.6 is 0 Å². The summed E-state index contributed by atoms with van der Waals surface area (Å²) in [7, 11) is 2.06. The molecular formula is C13H22N6. The number of hydrogen-bond donors (Lipinski definition) is 2. The molecule has 2 aromatic rings. The molecule has 6 nitrogen and oxygen atoms in total. The highest BCUT2D eigenvalue weighted by atomic mass is 15.2. The fourth-order valence-electron chi connectivity index (χ4n) is 2.04. The van der Waals surface area contributed by atoms with Gasteiger partial charge in [0.2, 0.25) is 5.95 Å². The van der Waals surface area contributed by atoms with Crippen LogP contribution in [0.5, 0.6) is 0 Å². The van der Waals surface area contributed by atoms with Crippen LogP contribution in [0.15, 0.2) is 6.33 Å². The monoisotopic (exact) mass is 262 g/mol. The highest BCUT2D eigenvalue weighted by molar-refractivity contribution is 5.84. The molecule has 0 atom stereocenters. The average Bonchev–Trinajstić information content (AvgIpc) is 2.86. The third kappa shape index (κ3) is 3.13. The molecule has 19 heavy (non-hydrogen) atoms. The highest BCUT2D eigenvalue weighted by Gasteiger charge is 2.13. The van der Waals surface area contributed by atoms with E-state index in [0.717, 1.165) is 24.4 Å². The lowest BCUT2D eigenvalue weighted by molar-refractivity contribution is 0.702. The lowest BCUT2D eigenvalue weighted by atomic mass is 10.2. The molecule has 2 aromatic heterocycles. The van der Waals surface area contributed by atoms with Crippen LogP contribution in [0.25, 0.3) is 11.2 Å². The minimum absolute atomic E-state index is 0.638. The van der Waals surface area contributed by atoms with Gasteiger partial charge in [-0.2, -0.15) is 9.97 Å². The van der Waals surface area contributed by atoms with Crippen LogP contribution in [0.1, 0.15) is 33.1 Å². The molecule has 0 aliphatic rings. The Labute approximate surface area is 113 Å². The van der Waals surface area contributed by atoms with Crippen LogP contribution in [-0.4, -0.2) is 40.1 Å². The minimum Gasteiger partial charge on any atom is -0.358 e. The number of rotatable bonds is 7. The maximum atomic E-state index is 4.57. The molecule has 0 fully saturated rings. The van der Waals surface area contributed by atoms with E-state index in [1.54, 1.807) is 6.33 Å². The lowest BCUT2D eigenvalue weighted by Crippen LogP contribution is -2.21. The standard InChI is InChI=1S/C13H22N6/c1-4-6-7-8-19(3)12-10-11(16-9-15-10)17-13(18-12)14-5-2/h9H,4-8H2,1-3H3,(H2,14,15,16,17,18). The van der Waals surface area contributed by atoms with Crippen molar-refractivity contribution in [2.75, 3.05) is 30.4 Å². The predicted molar refractivity (Wildman–Crippen MR) is 78.6 cm³/mol. The number of H-pyrrole nitrogens is 1. The molecule has 0 saturated heterocycles. The number of aromatic nitrogens is 4. The van der Waals surface area contributed by atoms with E-state index >= 15 is 0 Å². The van der Waals surface area contributed by atoms with Gasteiger partial charge >= 0.3 is 0 Å². The van der Waals surface area contributed by atoms with Crippen LogP contribution in [0, 0.1) is 0 Å². The van der Waals surface area contributed by atoms with Gasteiger partial charge in [-0.15, -0.1) is 0 Å². The summed E-state index contributed by atoms with van der Waals surface area (Å²) in [6.07, 6.45) is 5.29. The van der Waals surface area contributed by atoms with Crippen molar-refractivity contribution in [1.29, 1.82) is 0 Å². The zero-order valence-corrected chi connectivity index (χ0v) is 11.9. The predicted octanol–water partition coefficient (Wildman–Crippen LogP) is 2.41. The Hall–Kier alpha value is -1.85. The number of fused-ring (bicyclic) bond motifs is 1. The summed E-state index contributed by atoms with van der Waals surface area (Å²) < 4.78 is 0. The van der Waals surface area contributed by atoms with Crippen molar-refractivity contribution >= 4 is 22.9 Å². The van der Waals surface area contributed by atoms with E-state index in [1.165, 1.54) is 19.3 Å². The highest BCUT2D eigenvalue weighted by Crippen LogP contribution is 2.21. The van der Waals surface area contributed by atoms with Gasteiger partial charge in [0.1, 0.15) is 5.52 Å². The lowest BCUT2D eigenvalue weighted by Gasteiger charge is -2.19. The molecule has 6 heteroatoms. The third-order valence-corrected chi connectivity index (χ3v) is 3.06. The first-order chi connectivity index (χ1) is 9.26. The summed E-state index contributed by atoms with van der Waals surface area (Å²) in [6, 6.07) is 0. The normalized spacial score (nSPS) is 10.9. The molecule has 0 unspecified atom stereocenters. The van der Waals surface area contributed by atoms with Crippen molar-refractivity contribution in [3.8, 4) is 0 Å². The molecule has 0 saturated carbocycles. The molecule has 0 aromatic carbocycles. The Morgan fingerprint density at radius 3 is 2.84 bits per heavy atom. The van der Waals surface area contributed by atoms with Gasteiger partial charge in [-0.3, -0.25) is 0 Å². The topological polar surface area (TPSA) is 69.7 Å². The van der Waals surface area contributed by atoms with Crippen LogP contribution in [0.2, 0.25) is 0 Å². The summed E-state index contributed by atoms with van der Waals surface area (Å²) in [5.41, 5.74) is 1.61. The first kappa shape index (κ1) is 13.6. The second-order valence-corrected chi connectivity index (χ2v) is 4.63. The van der Waals surface area contributed by atoms with E-state index in [2.05, 4.69) is 44.1 Å². The number of nitrogens with zero attached hydrogens (tertiary/aromatic N) is 4. The van der Waals surface area contributed by atoms with Crippen molar-refractivity contribution in [3.05, 3.63) is 6.33 Å². The van der Waals surface area contributed by atoms with Crippen molar-refractivity contribution < 1.29 is 0 Å². The van der Waals surface area contributed by atoms with Crippen LogP contribution in [-0.2, 0) is 0 Å². The van der Waals surface area contributed by atoms with E-state index in [-0.39, 0.29) is 0 Å². The van der Waals surface area contributed by atoms with Gasteiger partial charge in [0.25, 0.3) is 0 Å². The molecule has 0 aliphatic carbocycles. The molecule has 0 radical (unpaired) electrons. The SMILES string of the molecule is CCCCCN(C)c1nc(NCC)nc2nc[nH]c12. The van der Waals surface area contributed by atoms with Crippen LogP contribution in [0.3, 0.4) is 0 Å². The fourth-order valence-corrected chi connectivity index (χ4v) is 2.04. The molecule has 2 N–H and O–H groups in total. The molecule has 0 aliphatic heterocycles. The largest absolute Gasteiger partial charge is 0.358 e. The molecule has 104 valence electrons. The van der Waals surface area contributed by atoms with Gasteiger partial charge < -0.3 is 15.2 Å². The van der Waals surface area contributed by atoms with Crippen molar-refractivity contribution in [2.45, 2.75) is 33.1 Å². The van der Waals surface area contributed by atoms with E-state index < -0.39 is 0 Å².